The minimum Gasteiger partial charge on any atom is -0.292 e. The molecule has 0 spiro atoms. The fourth-order valence-corrected chi connectivity index (χ4v) is 4.13. The molecule has 5 nitrogen and oxygen atoms in total. The van der Waals surface area contributed by atoms with Gasteiger partial charge in [0.25, 0.3) is 16.0 Å². The van der Waals surface area contributed by atoms with Gasteiger partial charge in [-0.25, -0.2) is 0 Å². The van der Waals surface area contributed by atoms with E-state index in [1.54, 1.807) is 6.08 Å². The molecule has 24 heavy (non-hydrogen) atoms. The van der Waals surface area contributed by atoms with E-state index in [0.717, 1.165) is 28.1 Å². The van der Waals surface area contributed by atoms with Gasteiger partial charge in [-0.15, -0.1) is 0 Å². The second-order valence-corrected chi connectivity index (χ2v) is 8.44. The number of amides is 1. The fraction of sp³-hybridized carbons (Fsp3) is 0.125. The Morgan fingerprint density at radius 1 is 1.17 bits per heavy atom. The Hall–Kier alpha value is -1.74. The quantitative estimate of drug-likeness (QED) is 0.500. The summed E-state index contributed by atoms with van der Waals surface area (Å²) in [7, 11) is -4.15. The summed E-state index contributed by atoms with van der Waals surface area (Å²) in [5.74, 6) is -0.886. The molecule has 1 N–H and O–H groups in total. The molecule has 1 aliphatic heterocycles. The molecule has 1 saturated heterocycles. The maximum absolute atomic E-state index is 12.4. The van der Waals surface area contributed by atoms with Crippen molar-refractivity contribution in [2.24, 2.45) is 0 Å². The summed E-state index contributed by atoms with van der Waals surface area (Å²) in [6.07, 6.45) is 1.76. The molecule has 0 bridgehead atoms. The van der Waals surface area contributed by atoms with Gasteiger partial charge in [0, 0.05) is 6.54 Å². The fourth-order valence-electron chi connectivity index (χ4n) is 2.42. The molecule has 0 radical (unpaired) electrons. The molecule has 0 aromatic heterocycles. The monoisotopic (exact) mass is 379 g/mol. The lowest BCUT2D eigenvalue weighted by Crippen LogP contribution is -2.32. The van der Waals surface area contributed by atoms with Crippen molar-refractivity contribution in [1.29, 1.82) is 0 Å². The number of hydrogen-bond acceptors (Lipinski definition) is 5. The van der Waals surface area contributed by atoms with Gasteiger partial charge in [0.15, 0.2) is 0 Å². The summed E-state index contributed by atoms with van der Waals surface area (Å²) in [4.78, 5) is 14.1. The molecule has 0 aliphatic carbocycles. The summed E-state index contributed by atoms with van der Waals surface area (Å²) in [5.41, 5.74) is 0.892. The minimum absolute atomic E-state index is 0.156. The molecular weight excluding hydrogens is 366 g/mol. The van der Waals surface area contributed by atoms with Crippen molar-refractivity contribution < 1.29 is 17.8 Å². The first-order valence-electron chi connectivity index (χ1n) is 7.03. The molecule has 8 heteroatoms. The number of fused-ring (bicyclic) bond motifs is 1. The number of hydrogen-bond donors (Lipinski definition) is 1. The van der Waals surface area contributed by atoms with Gasteiger partial charge in [-0.2, -0.15) is 8.42 Å². The van der Waals surface area contributed by atoms with Gasteiger partial charge in [-0.05, 0) is 22.4 Å². The number of thioether (sulfide) groups is 1. The molecule has 2 aromatic carbocycles. The van der Waals surface area contributed by atoms with Gasteiger partial charge >= 0.3 is 0 Å². The van der Waals surface area contributed by atoms with Crippen LogP contribution in [0.1, 0.15) is 5.56 Å². The zero-order valence-corrected chi connectivity index (χ0v) is 14.8. The molecule has 1 amide bonds. The number of nitrogens with zero attached hydrogens (tertiary/aromatic N) is 1. The third kappa shape index (κ3) is 3.67. The van der Waals surface area contributed by atoms with Crippen LogP contribution in [0.5, 0.6) is 0 Å². The average Bonchev–Trinajstić information content (AvgIpc) is 2.79. The van der Waals surface area contributed by atoms with Crippen molar-refractivity contribution in [2.75, 3.05) is 12.3 Å². The van der Waals surface area contributed by atoms with Crippen LogP contribution < -0.4 is 0 Å². The van der Waals surface area contributed by atoms with E-state index in [9.17, 15) is 13.2 Å². The van der Waals surface area contributed by atoms with Crippen LogP contribution in [0.4, 0.5) is 0 Å². The van der Waals surface area contributed by atoms with Gasteiger partial charge < -0.3 is 0 Å². The van der Waals surface area contributed by atoms with Crippen molar-refractivity contribution in [3.05, 3.63) is 52.9 Å². The van der Waals surface area contributed by atoms with E-state index in [1.165, 1.54) is 4.90 Å². The van der Waals surface area contributed by atoms with Gasteiger partial charge in [-0.1, -0.05) is 66.4 Å². The van der Waals surface area contributed by atoms with Crippen LogP contribution in [0.15, 0.2) is 47.4 Å². The molecule has 1 fully saturated rings. The summed E-state index contributed by atoms with van der Waals surface area (Å²) in [6.45, 7) is -0.156. The van der Waals surface area contributed by atoms with Crippen molar-refractivity contribution in [3.63, 3.8) is 0 Å². The number of benzene rings is 2. The van der Waals surface area contributed by atoms with Crippen molar-refractivity contribution in [3.8, 4) is 0 Å². The predicted octanol–water partition coefficient (Wildman–Crippen LogP) is 2.93. The van der Waals surface area contributed by atoms with E-state index in [2.05, 4.69) is 0 Å². The van der Waals surface area contributed by atoms with Crippen LogP contribution in [0, 0.1) is 0 Å². The largest absolute Gasteiger partial charge is 0.292 e. The minimum atomic E-state index is -4.15. The van der Waals surface area contributed by atoms with Crippen LogP contribution >= 0.6 is 24.0 Å². The molecule has 0 unspecified atom stereocenters. The van der Waals surface area contributed by atoms with Crippen molar-refractivity contribution in [2.45, 2.75) is 0 Å². The Kier molecular flexibility index (Phi) is 4.73. The van der Waals surface area contributed by atoms with E-state index < -0.39 is 15.9 Å². The average molecular weight is 379 g/mol. The first kappa shape index (κ1) is 17.1. The molecule has 0 saturated carbocycles. The highest BCUT2D eigenvalue weighted by Gasteiger charge is 2.32. The summed E-state index contributed by atoms with van der Waals surface area (Å²) >= 11 is 6.27. The molecular formula is C16H13NO4S3. The van der Waals surface area contributed by atoms with Crippen LogP contribution in [-0.4, -0.2) is 40.4 Å². The van der Waals surface area contributed by atoms with Crippen LogP contribution in [-0.2, 0) is 14.9 Å². The first-order chi connectivity index (χ1) is 11.3. The lowest BCUT2D eigenvalue weighted by molar-refractivity contribution is -0.121. The summed E-state index contributed by atoms with van der Waals surface area (Å²) in [6, 6.07) is 13.6. The molecule has 124 valence electrons. The zero-order valence-electron chi connectivity index (χ0n) is 12.4. The highest BCUT2D eigenvalue weighted by atomic mass is 32.2. The normalized spacial score (nSPS) is 17.2. The standard InChI is InChI=1S/C16H13NO4S3/c18-15-14(23-16(22)17(15)8-9-24(19,20)21)10-12-6-3-5-11-4-1-2-7-13(11)12/h1-7,10H,8-9H2,(H,19,20,21)/b14-10-. The Balaban J connectivity index is 1.91. The van der Waals surface area contributed by atoms with E-state index in [4.69, 9.17) is 16.8 Å². The summed E-state index contributed by atoms with van der Waals surface area (Å²) < 4.78 is 30.9. The van der Waals surface area contributed by atoms with Crippen LogP contribution in [0.25, 0.3) is 16.8 Å². The van der Waals surface area contributed by atoms with E-state index in [1.807, 2.05) is 42.5 Å². The zero-order chi connectivity index (χ0) is 17.3. The predicted molar refractivity (Wildman–Crippen MR) is 100 cm³/mol. The second kappa shape index (κ2) is 6.64. The molecule has 0 atom stereocenters. The molecule has 1 aliphatic rings. The SMILES string of the molecule is O=C1/C(=C/c2cccc3ccccc23)SC(=S)N1CCS(=O)(=O)O. The summed E-state index contributed by atoms with van der Waals surface area (Å²) in [5, 5.41) is 2.08. The Labute approximate surface area is 149 Å². The molecule has 2 aromatic rings. The number of carbonyl (C=O) groups is 1. The smallest absolute Gasteiger partial charge is 0.266 e. The maximum Gasteiger partial charge on any atom is 0.266 e. The third-order valence-corrected chi connectivity index (χ3v) is 5.63. The van der Waals surface area contributed by atoms with Gasteiger partial charge in [0.1, 0.15) is 4.32 Å². The van der Waals surface area contributed by atoms with Gasteiger partial charge in [0.2, 0.25) is 0 Å². The van der Waals surface area contributed by atoms with E-state index in [-0.39, 0.29) is 16.8 Å². The number of carbonyl (C=O) groups excluding carboxylic acids is 1. The van der Waals surface area contributed by atoms with Crippen LogP contribution in [0.2, 0.25) is 0 Å². The Morgan fingerprint density at radius 3 is 2.62 bits per heavy atom. The Morgan fingerprint density at radius 2 is 1.88 bits per heavy atom. The maximum atomic E-state index is 12.4. The first-order valence-corrected chi connectivity index (χ1v) is 9.87. The Bertz CT molecular complexity index is 961. The van der Waals surface area contributed by atoms with Gasteiger partial charge in [0.05, 0.1) is 10.7 Å². The lowest BCUT2D eigenvalue weighted by atomic mass is 10.0. The van der Waals surface area contributed by atoms with Crippen molar-refractivity contribution >= 4 is 61.2 Å². The van der Waals surface area contributed by atoms with Crippen LogP contribution in [0.3, 0.4) is 0 Å². The highest BCUT2D eigenvalue weighted by Crippen LogP contribution is 2.33. The number of thiocarbonyl (C=S) groups is 1. The number of rotatable bonds is 4. The van der Waals surface area contributed by atoms with E-state index in [0.29, 0.717) is 4.91 Å². The third-order valence-electron chi connectivity index (χ3n) is 3.56. The van der Waals surface area contributed by atoms with E-state index >= 15 is 0 Å². The second-order valence-electron chi connectivity index (χ2n) is 5.19. The lowest BCUT2D eigenvalue weighted by Gasteiger charge is -2.12. The van der Waals surface area contributed by atoms with Crippen molar-refractivity contribution in [1.82, 2.24) is 4.90 Å². The highest BCUT2D eigenvalue weighted by molar-refractivity contribution is 8.26. The molecule has 3 rings (SSSR count). The molecule has 1 heterocycles. The van der Waals surface area contributed by atoms with Gasteiger partial charge in [-0.3, -0.25) is 14.2 Å². The topological polar surface area (TPSA) is 74.7 Å².